The monoisotopic (exact) mass is 833 g/mol. The maximum atomic E-state index is 14.1. The van der Waals surface area contributed by atoms with E-state index in [0.717, 1.165) is 24.8 Å². The van der Waals surface area contributed by atoms with Crippen molar-refractivity contribution in [1.82, 2.24) is 26.2 Å². The van der Waals surface area contributed by atoms with Gasteiger partial charge in [-0.15, -0.1) is 11.8 Å². The minimum atomic E-state index is -1.28. The zero-order valence-corrected chi connectivity index (χ0v) is 34.1. The lowest BCUT2D eigenvalue weighted by Crippen LogP contribution is -2.56. The molecule has 2 aliphatic heterocycles. The van der Waals surface area contributed by atoms with Gasteiger partial charge >= 0.3 is 5.97 Å². The molecule has 0 saturated carbocycles. The summed E-state index contributed by atoms with van der Waals surface area (Å²) in [6.07, 6.45) is 3.88. The van der Waals surface area contributed by atoms with Crippen LogP contribution in [0, 0.1) is 0 Å². The van der Waals surface area contributed by atoms with Crippen molar-refractivity contribution >= 4 is 52.3 Å². The van der Waals surface area contributed by atoms with Crippen LogP contribution >= 0.6 is 11.8 Å². The van der Waals surface area contributed by atoms with Crippen LogP contribution in [0.15, 0.2) is 88.1 Å². The van der Waals surface area contributed by atoms with Gasteiger partial charge in [0.2, 0.25) is 17.7 Å². The molecule has 1 saturated heterocycles. The van der Waals surface area contributed by atoms with Crippen molar-refractivity contribution in [3.63, 3.8) is 0 Å². The zero-order chi connectivity index (χ0) is 42.5. The van der Waals surface area contributed by atoms with Gasteiger partial charge < -0.3 is 40.8 Å². The molecule has 3 aromatic rings. The van der Waals surface area contributed by atoms with Gasteiger partial charge in [-0.05, 0) is 106 Å². The van der Waals surface area contributed by atoms with Crippen molar-refractivity contribution in [2.24, 2.45) is 0 Å². The summed E-state index contributed by atoms with van der Waals surface area (Å²) < 4.78 is 5.90. The number of aryl methyl sites for hydroxylation is 1. The van der Waals surface area contributed by atoms with Crippen LogP contribution in [0.2, 0.25) is 0 Å². The number of carbonyl (C=O) groups is 5. The quantitative estimate of drug-likeness (QED) is 0.0645. The molecule has 15 heteroatoms. The first-order chi connectivity index (χ1) is 28.9. The molecule has 7 rings (SSSR count). The Balaban J connectivity index is 1.01. The van der Waals surface area contributed by atoms with E-state index < -0.39 is 30.0 Å². The largest absolute Gasteiger partial charge is 0.508 e. The summed E-state index contributed by atoms with van der Waals surface area (Å²) in [6, 6.07) is 18.8. The van der Waals surface area contributed by atoms with Crippen molar-refractivity contribution < 1.29 is 38.6 Å². The molecule has 6 N–H and O–H groups in total. The number of likely N-dealkylation sites (N-methyl/N-ethyl adjacent to an activating group) is 1. The molecule has 312 valence electrons. The molecule has 14 nitrogen and oxygen atoms in total. The maximum absolute atomic E-state index is 14.1. The van der Waals surface area contributed by atoms with E-state index in [1.54, 1.807) is 31.0 Å². The van der Waals surface area contributed by atoms with Crippen LogP contribution in [0.3, 0.4) is 0 Å². The van der Waals surface area contributed by atoms with Crippen LogP contribution in [0.25, 0.3) is 33.4 Å². The number of rotatable bonds is 14. The summed E-state index contributed by atoms with van der Waals surface area (Å²) in [7, 11) is 1.65. The molecule has 0 radical (unpaired) electrons. The average molecular weight is 834 g/mol. The Hall–Kier alpha value is -6.19. The summed E-state index contributed by atoms with van der Waals surface area (Å²) >= 11 is 1.49. The van der Waals surface area contributed by atoms with E-state index in [1.165, 1.54) is 59.8 Å². The zero-order valence-electron chi connectivity index (χ0n) is 33.3. The topological polar surface area (TPSA) is 207 Å². The van der Waals surface area contributed by atoms with Gasteiger partial charge in [0.1, 0.15) is 29.2 Å². The molecule has 1 fully saturated rings. The number of hydrogen-bond donors (Lipinski definition) is 6. The van der Waals surface area contributed by atoms with Gasteiger partial charge in [-0.3, -0.25) is 24.0 Å². The Labute approximate surface area is 350 Å². The van der Waals surface area contributed by atoms with Crippen LogP contribution < -0.4 is 26.7 Å². The number of phenolic OH excluding ortho intramolecular Hbond substituents is 1. The van der Waals surface area contributed by atoms with E-state index in [1.807, 2.05) is 18.2 Å². The second-order valence-corrected chi connectivity index (χ2v) is 16.2. The molecule has 0 spiro atoms. The number of unbranched alkanes of at least 4 members (excludes halogenated alkanes) is 1. The summed E-state index contributed by atoms with van der Waals surface area (Å²) in [5.41, 5.74) is 3.44. The van der Waals surface area contributed by atoms with Gasteiger partial charge in [0.15, 0.2) is 5.43 Å². The molecule has 4 atom stereocenters. The predicted molar refractivity (Wildman–Crippen MR) is 228 cm³/mol. The highest BCUT2D eigenvalue weighted by molar-refractivity contribution is 7.99. The SMILES string of the molecule is CN[C@@H](C)C(=O)N[C@@H](CCCCNC(=O)c1ccc(-c2c3ccc(=O)cc-3oc3cc(O)ccc23)c(C(=O)O)c1)C(=O)N1CSC[C@H]1C(=O)N[C@@H]1CCCc2ccccc21. The van der Waals surface area contributed by atoms with Gasteiger partial charge in [0, 0.05) is 46.5 Å². The number of thioether (sulfide) groups is 1. The highest BCUT2D eigenvalue weighted by Crippen LogP contribution is 2.42. The van der Waals surface area contributed by atoms with Crippen LogP contribution in [0.5, 0.6) is 5.75 Å². The molecule has 0 unspecified atom stereocenters. The lowest BCUT2D eigenvalue weighted by molar-refractivity contribution is -0.141. The smallest absolute Gasteiger partial charge is 0.336 e. The highest BCUT2D eigenvalue weighted by Gasteiger charge is 2.39. The Kier molecular flexibility index (Phi) is 12.9. The first-order valence-electron chi connectivity index (χ1n) is 20.0. The van der Waals surface area contributed by atoms with Crippen molar-refractivity contribution in [2.45, 2.75) is 69.6 Å². The predicted octanol–water partition coefficient (Wildman–Crippen LogP) is 5.06. The fraction of sp³-hybridized carbons (Fsp3) is 0.333. The first kappa shape index (κ1) is 42.0. The third kappa shape index (κ3) is 9.01. The summed E-state index contributed by atoms with van der Waals surface area (Å²) in [6.45, 7) is 1.89. The molecule has 3 aromatic carbocycles. The number of aromatic hydroxyl groups is 1. The number of carboxylic acids is 1. The second kappa shape index (κ2) is 18.4. The van der Waals surface area contributed by atoms with Crippen molar-refractivity contribution in [3.05, 3.63) is 111 Å². The van der Waals surface area contributed by atoms with Crippen LogP contribution in [-0.2, 0) is 20.8 Å². The van der Waals surface area contributed by atoms with Gasteiger partial charge in [0.05, 0.1) is 23.5 Å². The normalized spacial score (nSPS) is 17.1. The highest BCUT2D eigenvalue weighted by atomic mass is 32.2. The Morgan fingerprint density at radius 2 is 1.77 bits per heavy atom. The van der Waals surface area contributed by atoms with E-state index >= 15 is 0 Å². The number of aromatic carboxylic acids is 1. The van der Waals surface area contributed by atoms with E-state index in [9.17, 15) is 39.0 Å². The number of hydrogen-bond acceptors (Lipinski definition) is 10. The molecule has 2 heterocycles. The van der Waals surface area contributed by atoms with E-state index in [2.05, 4.69) is 27.3 Å². The fourth-order valence-corrected chi connectivity index (χ4v) is 9.11. The number of nitrogens with zero attached hydrogens (tertiary/aromatic N) is 1. The summed E-state index contributed by atoms with van der Waals surface area (Å²) in [4.78, 5) is 80.6. The lowest BCUT2D eigenvalue weighted by Gasteiger charge is -2.31. The minimum Gasteiger partial charge on any atom is -0.508 e. The van der Waals surface area contributed by atoms with Crippen molar-refractivity contribution in [3.8, 4) is 28.2 Å². The van der Waals surface area contributed by atoms with Gasteiger partial charge in [-0.1, -0.05) is 30.3 Å². The third-order valence-electron chi connectivity index (χ3n) is 11.3. The number of nitrogens with one attached hydrogen (secondary N) is 4. The molecule has 0 aromatic heterocycles. The van der Waals surface area contributed by atoms with E-state index in [-0.39, 0.29) is 75.9 Å². The molecular weight excluding hydrogens is 787 g/mol. The van der Waals surface area contributed by atoms with Gasteiger partial charge in [0.25, 0.3) is 5.91 Å². The number of benzene rings is 4. The van der Waals surface area contributed by atoms with Crippen LogP contribution in [0.4, 0.5) is 0 Å². The lowest BCUT2D eigenvalue weighted by atomic mass is 9.87. The summed E-state index contributed by atoms with van der Waals surface area (Å²) in [5.74, 6) is -1.80. The molecule has 2 aliphatic carbocycles. The van der Waals surface area contributed by atoms with Crippen molar-refractivity contribution in [2.75, 3.05) is 25.2 Å². The molecule has 60 heavy (non-hydrogen) atoms. The van der Waals surface area contributed by atoms with Crippen LogP contribution in [0.1, 0.15) is 76.9 Å². The van der Waals surface area contributed by atoms with Gasteiger partial charge in [-0.25, -0.2) is 4.79 Å². The first-order valence-corrected chi connectivity index (χ1v) is 21.2. The number of fused-ring (bicyclic) bond motifs is 3. The third-order valence-corrected chi connectivity index (χ3v) is 12.3. The summed E-state index contributed by atoms with van der Waals surface area (Å²) in [5, 5.41) is 32.7. The Bertz CT molecular complexity index is 2490. The maximum Gasteiger partial charge on any atom is 0.336 e. The standard InChI is InChI=1S/C45H47N5O9S/c1-25(46-2)41(53)49-36(44(56)50-24-60-23-37(50)43(55)48-35-12-7-9-26-8-3-4-10-30(26)35)11-5-6-19-47-42(54)27-13-16-31(34(20-27)45(57)58)40-32-17-14-28(51)21-38(32)59-39-22-29(52)15-18-33(39)40/h3-4,8,10,13-18,20-22,25,35-37,46,51H,5-7,9,11-12,19,23-24H2,1-2H3,(H,47,54)(H,48,55)(H,49,53)(H,57,58)/t25-,35+,36-,37-/m0/s1. The molecule has 4 aliphatic rings. The number of amides is 4. The second-order valence-electron chi connectivity index (χ2n) is 15.2. The van der Waals surface area contributed by atoms with E-state index in [0.29, 0.717) is 41.0 Å². The molecule has 0 bridgehead atoms. The molecule has 4 amide bonds. The molecular formula is C45H47N5O9S. The number of carboxylic acid groups (broad SMARTS) is 1. The van der Waals surface area contributed by atoms with Crippen LogP contribution in [-0.4, -0.2) is 88.1 Å². The fourth-order valence-electron chi connectivity index (χ4n) is 7.94. The van der Waals surface area contributed by atoms with E-state index in [4.69, 9.17) is 4.42 Å². The minimum absolute atomic E-state index is 0.0731. The average Bonchev–Trinajstić information content (AvgIpc) is 3.75. The number of carbonyl (C=O) groups excluding carboxylic acids is 4. The van der Waals surface area contributed by atoms with Gasteiger partial charge in [-0.2, -0.15) is 0 Å². The van der Waals surface area contributed by atoms with Crippen molar-refractivity contribution in [1.29, 1.82) is 0 Å². The number of phenols is 1. The Morgan fingerprint density at radius 3 is 2.57 bits per heavy atom. The Morgan fingerprint density at radius 1 is 0.967 bits per heavy atom.